The van der Waals surface area contributed by atoms with Crippen LogP contribution in [0.3, 0.4) is 0 Å². The van der Waals surface area contributed by atoms with Crippen LogP contribution in [0.1, 0.15) is 46.0 Å². The van der Waals surface area contributed by atoms with Crippen molar-refractivity contribution in [1.82, 2.24) is 0 Å². The molecule has 72 valence electrons. The fourth-order valence-corrected chi connectivity index (χ4v) is 2.22. The van der Waals surface area contributed by atoms with Gasteiger partial charge >= 0.3 is 0 Å². The standard InChI is InChI=1S/C10H21NO/c1-10(2,8-12-11)9-6-4-3-5-7-9/h9H,3-8,11H2,1-2H3. The summed E-state index contributed by atoms with van der Waals surface area (Å²) in [6.07, 6.45) is 6.90. The highest BCUT2D eigenvalue weighted by Crippen LogP contribution is 2.37. The van der Waals surface area contributed by atoms with Crippen LogP contribution < -0.4 is 5.90 Å². The molecule has 0 spiro atoms. The Morgan fingerprint density at radius 1 is 1.25 bits per heavy atom. The molecule has 2 N–H and O–H groups in total. The Morgan fingerprint density at radius 3 is 2.33 bits per heavy atom. The van der Waals surface area contributed by atoms with Gasteiger partial charge in [0.05, 0.1) is 6.61 Å². The second kappa shape index (κ2) is 4.24. The molecule has 1 aliphatic carbocycles. The second-order valence-electron chi connectivity index (χ2n) is 4.63. The minimum atomic E-state index is 0.273. The van der Waals surface area contributed by atoms with E-state index in [1.54, 1.807) is 0 Å². The summed E-state index contributed by atoms with van der Waals surface area (Å²) in [4.78, 5) is 4.76. The predicted molar refractivity (Wildman–Crippen MR) is 50.5 cm³/mol. The summed E-state index contributed by atoms with van der Waals surface area (Å²) in [5.74, 6) is 5.94. The Balaban J connectivity index is 2.41. The minimum Gasteiger partial charge on any atom is -0.304 e. The van der Waals surface area contributed by atoms with Crippen molar-refractivity contribution in [3.05, 3.63) is 0 Å². The molecule has 1 rings (SSSR count). The summed E-state index contributed by atoms with van der Waals surface area (Å²) in [6, 6.07) is 0. The van der Waals surface area contributed by atoms with Crippen LogP contribution in [0, 0.1) is 11.3 Å². The largest absolute Gasteiger partial charge is 0.304 e. The molecule has 0 heterocycles. The van der Waals surface area contributed by atoms with Crippen LogP contribution in [-0.2, 0) is 4.84 Å². The van der Waals surface area contributed by atoms with Crippen LogP contribution in [-0.4, -0.2) is 6.61 Å². The first kappa shape index (κ1) is 10.0. The normalized spacial score (nSPS) is 21.2. The maximum atomic E-state index is 5.12. The monoisotopic (exact) mass is 171 g/mol. The van der Waals surface area contributed by atoms with E-state index in [-0.39, 0.29) is 5.41 Å². The molecule has 0 unspecified atom stereocenters. The van der Waals surface area contributed by atoms with Crippen molar-refractivity contribution in [2.24, 2.45) is 17.2 Å². The predicted octanol–water partition coefficient (Wildman–Crippen LogP) is 2.48. The lowest BCUT2D eigenvalue weighted by Gasteiger charge is -2.36. The third kappa shape index (κ3) is 2.46. The van der Waals surface area contributed by atoms with E-state index in [9.17, 15) is 0 Å². The first-order valence-corrected chi connectivity index (χ1v) is 4.98. The molecule has 1 saturated carbocycles. The van der Waals surface area contributed by atoms with Crippen LogP contribution in [0.4, 0.5) is 0 Å². The van der Waals surface area contributed by atoms with Gasteiger partial charge in [-0.15, -0.1) is 0 Å². The molecule has 0 aromatic carbocycles. The van der Waals surface area contributed by atoms with Gasteiger partial charge in [0, 0.05) is 0 Å². The summed E-state index contributed by atoms with van der Waals surface area (Å²) in [7, 11) is 0. The quantitative estimate of drug-likeness (QED) is 0.662. The molecule has 1 aliphatic rings. The van der Waals surface area contributed by atoms with Gasteiger partial charge in [-0.05, 0) is 24.2 Å². The van der Waals surface area contributed by atoms with Gasteiger partial charge in [-0.2, -0.15) is 0 Å². The van der Waals surface area contributed by atoms with E-state index in [2.05, 4.69) is 13.8 Å². The van der Waals surface area contributed by atoms with Crippen molar-refractivity contribution in [3.8, 4) is 0 Å². The minimum absolute atomic E-state index is 0.273. The summed E-state index contributed by atoms with van der Waals surface area (Å²) >= 11 is 0. The van der Waals surface area contributed by atoms with Crippen molar-refractivity contribution < 1.29 is 4.84 Å². The molecule has 0 aromatic heterocycles. The lowest BCUT2D eigenvalue weighted by molar-refractivity contribution is 0.0162. The van der Waals surface area contributed by atoms with Gasteiger partial charge in [0.2, 0.25) is 0 Å². The van der Waals surface area contributed by atoms with Gasteiger partial charge in [-0.25, -0.2) is 5.90 Å². The molecule has 0 amide bonds. The van der Waals surface area contributed by atoms with Gasteiger partial charge in [0.25, 0.3) is 0 Å². The molecule has 0 atom stereocenters. The third-order valence-corrected chi connectivity index (χ3v) is 3.17. The van der Waals surface area contributed by atoms with E-state index in [1.807, 2.05) is 0 Å². The van der Waals surface area contributed by atoms with E-state index in [1.165, 1.54) is 32.1 Å². The van der Waals surface area contributed by atoms with Crippen LogP contribution in [0.15, 0.2) is 0 Å². The molecular formula is C10H21NO. The molecule has 0 bridgehead atoms. The van der Waals surface area contributed by atoms with E-state index in [0.29, 0.717) is 6.61 Å². The summed E-state index contributed by atoms with van der Waals surface area (Å²) in [6.45, 7) is 5.21. The van der Waals surface area contributed by atoms with Crippen LogP contribution in [0.2, 0.25) is 0 Å². The fraction of sp³-hybridized carbons (Fsp3) is 1.00. The summed E-state index contributed by atoms with van der Waals surface area (Å²) in [5, 5.41) is 0. The third-order valence-electron chi connectivity index (χ3n) is 3.17. The molecule has 1 fully saturated rings. The fourth-order valence-electron chi connectivity index (χ4n) is 2.22. The second-order valence-corrected chi connectivity index (χ2v) is 4.63. The molecule has 0 aliphatic heterocycles. The highest BCUT2D eigenvalue weighted by atomic mass is 16.6. The molecule has 2 heteroatoms. The van der Waals surface area contributed by atoms with E-state index in [4.69, 9.17) is 10.7 Å². The number of rotatable bonds is 3. The lowest BCUT2D eigenvalue weighted by atomic mass is 9.72. The van der Waals surface area contributed by atoms with E-state index in [0.717, 1.165) is 5.92 Å². The van der Waals surface area contributed by atoms with Gasteiger partial charge in [0.1, 0.15) is 0 Å². The topological polar surface area (TPSA) is 35.2 Å². The highest BCUT2D eigenvalue weighted by Gasteiger charge is 2.30. The lowest BCUT2D eigenvalue weighted by Crippen LogP contribution is -2.32. The number of hydrogen-bond donors (Lipinski definition) is 1. The van der Waals surface area contributed by atoms with Gasteiger partial charge in [-0.1, -0.05) is 33.1 Å². The zero-order chi connectivity index (χ0) is 9.03. The summed E-state index contributed by atoms with van der Waals surface area (Å²) < 4.78 is 0. The van der Waals surface area contributed by atoms with Crippen molar-refractivity contribution >= 4 is 0 Å². The molecule has 0 saturated heterocycles. The van der Waals surface area contributed by atoms with Crippen molar-refractivity contribution in [3.63, 3.8) is 0 Å². The highest BCUT2D eigenvalue weighted by molar-refractivity contribution is 4.80. The molecular weight excluding hydrogens is 150 g/mol. The average Bonchev–Trinajstić information content (AvgIpc) is 2.06. The van der Waals surface area contributed by atoms with Gasteiger partial charge in [0.15, 0.2) is 0 Å². The van der Waals surface area contributed by atoms with Crippen LogP contribution in [0.5, 0.6) is 0 Å². The zero-order valence-electron chi connectivity index (χ0n) is 8.31. The molecule has 0 aromatic rings. The molecule has 12 heavy (non-hydrogen) atoms. The first-order valence-electron chi connectivity index (χ1n) is 4.98. The van der Waals surface area contributed by atoms with Gasteiger partial charge < -0.3 is 4.84 Å². The SMILES string of the molecule is CC(C)(CON)C1CCCCC1. The van der Waals surface area contributed by atoms with E-state index >= 15 is 0 Å². The van der Waals surface area contributed by atoms with Crippen LogP contribution >= 0.6 is 0 Å². The number of nitrogens with two attached hydrogens (primary N) is 1. The number of hydrogen-bond acceptors (Lipinski definition) is 2. The van der Waals surface area contributed by atoms with Crippen LogP contribution in [0.25, 0.3) is 0 Å². The molecule has 2 nitrogen and oxygen atoms in total. The average molecular weight is 171 g/mol. The molecule has 0 radical (unpaired) electrons. The van der Waals surface area contributed by atoms with Crippen molar-refractivity contribution in [1.29, 1.82) is 0 Å². The van der Waals surface area contributed by atoms with Crippen molar-refractivity contribution in [2.75, 3.05) is 6.61 Å². The smallest absolute Gasteiger partial charge is 0.0732 e. The Bertz CT molecular complexity index is 128. The Labute approximate surface area is 75.4 Å². The zero-order valence-corrected chi connectivity index (χ0v) is 8.31. The van der Waals surface area contributed by atoms with Gasteiger partial charge in [-0.3, -0.25) is 0 Å². The van der Waals surface area contributed by atoms with Crippen molar-refractivity contribution in [2.45, 2.75) is 46.0 Å². The Morgan fingerprint density at radius 2 is 1.83 bits per heavy atom. The first-order chi connectivity index (χ1) is 5.67. The maximum absolute atomic E-state index is 5.12. The van der Waals surface area contributed by atoms with E-state index < -0.39 is 0 Å². The Kier molecular flexibility index (Phi) is 3.53. The maximum Gasteiger partial charge on any atom is 0.0732 e. The Hall–Kier alpha value is -0.0800. The summed E-state index contributed by atoms with van der Waals surface area (Å²) in [5.41, 5.74) is 0.273.